The monoisotopic (exact) mass is 425 g/mol. The Morgan fingerprint density at radius 3 is 2.19 bits per heavy atom. The zero-order chi connectivity index (χ0) is 19.6. The maximum atomic E-state index is 13.0. The lowest BCUT2D eigenvalue weighted by atomic mass is 10.1. The fourth-order valence-electron chi connectivity index (χ4n) is 2.17. The van der Waals surface area contributed by atoms with Gasteiger partial charge in [-0.1, -0.05) is 34.8 Å². The van der Waals surface area contributed by atoms with E-state index in [4.69, 9.17) is 39.5 Å². The Morgan fingerprint density at radius 1 is 1.12 bits per heavy atom. The molecule has 1 amide bonds. The van der Waals surface area contributed by atoms with Gasteiger partial charge in [0.15, 0.2) is 10.6 Å². The van der Waals surface area contributed by atoms with Gasteiger partial charge in [0.25, 0.3) is 5.91 Å². The van der Waals surface area contributed by atoms with Crippen LogP contribution in [-0.2, 0) is 11.0 Å². The van der Waals surface area contributed by atoms with E-state index >= 15 is 0 Å². The average Bonchev–Trinajstić information content (AvgIpc) is 2.52. The number of ether oxygens (including phenoxy) is 1. The molecule has 0 unspecified atom stereocenters. The average molecular weight is 427 g/mol. The molecule has 1 N–H and O–H groups in total. The molecule has 0 radical (unpaired) electrons. The SMILES string of the molecule is Cc1cc(Oc2ccc(C(F)(F)F)cc2NC(=O)C(Cl)Cl)cc(C)c1Cl. The van der Waals surface area contributed by atoms with E-state index in [0.717, 1.165) is 29.3 Å². The van der Waals surface area contributed by atoms with Gasteiger partial charge >= 0.3 is 6.18 Å². The highest BCUT2D eigenvalue weighted by atomic mass is 35.5. The van der Waals surface area contributed by atoms with Crippen LogP contribution < -0.4 is 10.1 Å². The molecule has 2 aromatic carbocycles. The van der Waals surface area contributed by atoms with Gasteiger partial charge in [0.2, 0.25) is 0 Å². The molecular formula is C17H13Cl3F3NO2. The first kappa shape index (κ1) is 20.7. The maximum absolute atomic E-state index is 13.0. The number of aryl methyl sites for hydroxylation is 2. The molecule has 0 saturated carbocycles. The third kappa shape index (κ3) is 4.96. The molecule has 9 heteroatoms. The summed E-state index contributed by atoms with van der Waals surface area (Å²) >= 11 is 17.0. The fraction of sp³-hybridized carbons (Fsp3) is 0.235. The van der Waals surface area contributed by atoms with Gasteiger partial charge in [0, 0.05) is 5.02 Å². The van der Waals surface area contributed by atoms with Gasteiger partial charge in [0.1, 0.15) is 5.75 Å². The van der Waals surface area contributed by atoms with E-state index in [1.165, 1.54) is 0 Å². The molecule has 3 nitrogen and oxygen atoms in total. The number of carbonyl (C=O) groups is 1. The molecule has 0 atom stereocenters. The summed E-state index contributed by atoms with van der Waals surface area (Å²) in [6, 6.07) is 5.96. The molecule has 0 aliphatic rings. The molecule has 0 bridgehead atoms. The lowest BCUT2D eigenvalue weighted by Crippen LogP contribution is -2.19. The summed E-state index contributed by atoms with van der Waals surface area (Å²) in [5.74, 6) is -0.518. The molecule has 140 valence electrons. The number of alkyl halides is 5. The molecule has 0 fully saturated rings. The van der Waals surface area contributed by atoms with Gasteiger partial charge in [-0.05, 0) is 55.3 Å². The summed E-state index contributed by atoms with van der Waals surface area (Å²) < 4.78 is 44.5. The van der Waals surface area contributed by atoms with E-state index in [1.54, 1.807) is 26.0 Å². The van der Waals surface area contributed by atoms with Gasteiger partial charge in [0.05, 0.1) is 11.3 Å². The number of carbonyl (C=O) groups excluding carboxylic acids is 1. The quantitative estimate of drug-likeness (QED) is 0.566. The zero-order valence-electron chi connectivity index (χ0n) is 13.5. The first-order chi connectivity index (χ1) is 12.0. The molecule has 0 spiro atoms. The molecule has 2 aromatic rings. The number of halogens is 6. The number of nitrogens with one attached hydrogen (secondary N) is 1. The predicted octanol–water partition coefficient (Wildman–Crippen LogP) is 6.51. The van der Waals surface area contributed by atoms with Gasteiger partial charge in [-0.15, -0.1) is 0 Å². The normalized spacial score (nSPS) is 11.6. The van der Waals surface area contributed by atoms with Gasteiger partial charge in [-0.3, -0.25) is 4.79 Å². The highest BCUT2D eigenvalue weighted by Gasteiger charge is 2.31. The second kappa shape index (κ2) is 7.94. The Labute approximate surface area is 163 Å². The van der Waals surface area contributed by atoms with Gasteiger partial charge < -0.3 is 10.1 Å². The zero-order valence-corrected chi connectivity index (χ0v) is 15.8. The van der Waals surface area contributed by atoms with Crippen molar-refractivity contribution in [1.29, 1.82) is 0 Å². The first-order valence-electron chi connectivity index (χ1n) is 7.24. The van der Waals surface area contributed by atoms with E-state index in [1.807, 2.05) is 0 Å². The minimum Gasteiger partial charge on any atom is -0.455 e. The van der Waals surface area contributed by atoms with Crippen LogP contribution in [0.5, 0.6) is 11.5 Å². The molecule has 2 rings (SSSR count). The second-order valence-corrected chi connectivity index (χ2v) is 6.95. The van der Waals surface area contributed by atoms with E-state index in [2.05, 4.69) is 5.32 Å². The fourth-order valence-corrected chi connectivity index (χ4v) is 2.39. The lowest BCUT2D eigenvalue weighted by Gasteiger charge is -2.16. The van der Waals surface area contributed by atoms with E-state index in [0.29, 0.717) is 10.8 Å². The molecule has 0 aliphatic carbocycles. The van der Waals surface area contributed by atoms with Crippen molar-refractivity contribution in [3.05, 3.63) is 52.0 Å². The summed E-state index contributed by atoms with van der Waals surface area (Å²) in [5, 5.41) is 2.79. The molecule has 0 saturated heterocycles. The Morgan fingerprint density at radius 2 is 1.69 bits per heavy atom. The van der Waals surface area contributed by atoms with Crippen molar-refractivity contribution >= 4 is 46.4 Å². The van der Waals surface area contributed by atoms with Gasteiger partial charge in [-0.25, -0.2) is 0 Å². The van der Waals surface area contributed by atoms with Crippen LogP contribution in [0.25, 0.3) is 0 Å². The summed E-state index contributed by atoms with van der Waals surface area (Å²) in [6.45, 7) is 3.53. The number of rotatable bonds is 4. The van der Waals surface area contributed by atoms with Crippen LogP contribution in [0, 0.1) is 13.8 Å². The highest BCUT2D eigenvalue weighted by Crippen LogP contribution is 2.38. The molecular weight excluding hydrogens is 414 g/mol. The third-order valence-electron chi connectivity index (χ3n) is 3.40. The summed E-state index contributed by atoms with van der Waals surface area (Å²) in [5.41, 5.74) is 0.312. The number of hydrogen-bond donors (Lipinski definition) is 1. The van der Waals surface area contributed by atoms with Crippen molar-refractivity contribution < 1.29 is 22.7 Å². The maximum Gasteiger partial charge on any atom is 0.416 e. The number of anilines is 1. The van der Waals surface area contributed by atoms with Crippen molar-refractivity contribution in [3.63, 3.8) is 0 Å². The number of hydrogen-bond acceptors (Lipinski definition) is 2. The third-order valence-corrected chi connectivity index (χ3v) is 4.39. The van der Waals surface area contributed by atoms with Crippen LogP contribution in [0.1, 0.15) is 16.7 Å². The Balaban J connectivity index is 2.45. The number of benzene rings is 2. The topological polar surface area (TPSA) is 38.3 Å². The standard InChI is InChI=1S/C17H13Cl3F3NO2/c1-8-5-11(6-9(2)14(8)18)26-13-4-3-10(17(21,22)23)7-12(13)24-16(25)15(19)20/h3-7,15H,1-2H3,(H,24,25). The van der Waals surface area contributed by atoms with Crippen molar-refractivity contribution in [2.24, 2.45) is 0 Å². The van der Waals surface area contributed by atoms with Crippen molar-refractivity contribution in [3.8, 4) is 11.5 Å². The number of amides is 1. The largest absolute Gasteiger partial charge is 0.455 e. The van der Waals surface area contributed by atoms with E-state index < -0.39 is 22.5 Å². The van der Waals surface area contributed by atoms with Crippen molar-refractivity contribution in [2.75, 3.05) is 5.32 Å². The molecule has 26 heavy (non-hydrogen) atoms. The smallest absolute Gasteiger partial charge is 0.416 e. The van der Waals surface area contributed by atoms with Crippen LogP contribution in [0.3, 0.4) is 0 Å². The first-order valence-corrected chi connectivity index (χ1v) is 8.49. The Bertz CT molecular complexity index is 815. The lowest BCUT2D eigenvalue weighted by molar-refractivity contribution is -0.137. The van der Waals surface area contributed by atoms with Crippen LogP contribution in [0.2, 0.25) is 5.02 Å². The van der Waals surface area contributed by atoms with Crippen LogP contribution >= 0.6 is 34.8 Å². The Kier molecular flexibility index (Phi) is 6.32. The summed E-state index contributed by atoms with van der Waals surface area (Å²) in [4.78, 5) is 10.3. The minimum absolute atomic E-state index is 0.00135. The van der Waals surface area contributed by atoms with Crippen LogP contribution in [0.4, 0.5) is 18.9 Å². The molecule has 0 aromatic heterocycles. The summed E-state index contributed by atoms with van der Waals surface area (Å²) in [7, 11) is 0. The molecule has 0 aliphatic heterocycles. The van der Waals surface area contributed by atoms with Crippen LogP contribution in [0.15, 0.2) is 30.3 Å². The Hall–Kier alpha value is -1.63. The van der Waals surface area contributed by atoms with E-state index in [9.17, 15) is 18.0 Å². The highest BCUT2D eigenvalue weighted by molar-refractivity contribution is 6.54. The second-order valence-electron chi connectivity index (χ2n) is 5.47. The van der Waals surface area contributed by atoms with E-state index in [-0.39, 0.29) is 11.4 Å². The predicted molar refractivity (Wildman–Crippen MR) is 96.6 cm³/mol. The minimum atomic E-state index is -4.59. The van der Waals surface area contributed by atoms with Crippen LogP contribution in [-0.4, -0.2) is 10.7 Å². The summed E-state index contributed by atoms with van der Waals surface area (Å²) in [6.07, 6.45) is -4.59. The molecule has 0 heterocycles. The van der Waals surface area contributed by atoms with Gasteiger partial charge in [-0.2, -0.15) is 13.2 Å². The van der Waals surface area contributed by atoms with Crippen molar-refractivity contribution in [1.82, 2.24) is 0 Å². The van der Waals surface area contributed by atoms with Crippen molar-refractivity contribution in [2.45, 2.75) is 24.9 Å².